The van der Waals surface area contributed by atoms with Gasteiger partial charge in [-0.1, -0.05) is 0 Å². The van der Waals surface area contributed by atoms with E-state index in [1.54, 1.807) is 13.4 Å². The standard InChI is InChI=1S/C12H21NO2/c1-10(8-12(2,3)14-4)13-9-11-6-5-7-15-11/h5-7,10,13H,8-9H2,1-4H3. The van der Waals surface area contributed by atoms with E-state index in [2.05, 4.69) is 26.1 Å². The molecule has 0 aliphatic rings. The second-order valence-electron chi connectivity index (χ2n) is 4.53. The van der Waals surface area contributed by atoms with Crippen LogP contribution in [0, 0.1) is 0 Å². The summed E-state index contributed by atoms with van der Waals surface area (Å²) in [7, 11) is 1.75. The van der Waals surface area contributed by atoms with Crippen molar-refractivity contribution in [1.82, 2.24) is 5.32 Å². The van der Waals surface area contributed by atoms with Crippen molar-refractivity contribution in [1.29, 1.82) is 0 Å². The number of furan rings is 1. The van der Waals surface area contributed by atoms with Gasteiger partial charge in [-0.2, -0.15) is 0 Å². The van der Waals surface area contributed by atoms with Crippen LogP contribution in [0.25, 0.3) is 0 Å². The summed E-state index contributed by atoms with van der Waals surface area (Å²) in [4.78, 5) is 0. The van der Waals surface area contributed by atoms with Gasteiger partial charge in [-0.3, -0.25) is 0 Å². The van der Waals surface area contributed by atoms with Crippen LogP contribution in [0.2, 0.25) is 0 Å². The molecule has 0 saturated heterocycles. The number of nitrogens with one attached hydrogen (secondary N) is 1. The van der Waals surface area contributed by atoms with Crippen LogP contribution in [-0.2, 0) is 11.3 Å². The summed E-state index contributed by atoms with van der Waals surface area (Å²) in [6.07, 6.45) is 2.67. The fraction of sp³-hybridized carbons (Fsp3) is 0.667. The van der Waals surface area contributed by atoms with E-state index in [0.29, 0.717) is 6.04 Å². The highest BCUT2D eigenvalue weighted by molar-refractivity contribution is 4.97. The van der Waals surface area contributed by atoms with Gasteiger partial charge in [0.1, 0.15) is 5.76 Å². The summed E-state index contributed by atoms with van der Waals surface area (Å²) >= 11 is 0. The molecule has 0 aliphatic carbocycles. The van der Waals surface area contributed by atoms with Crippen molar-refractivity contribution in [3.05, 3.63) is 24.2 Å². The fourth-order valence-electron chi connectivity index (χ4n) is 1.58. The van der Waals surface area contributed by atoms with Crippen LogP contribution in [0.1, 0.15) is 33.0 Å². The minimum absolute atomic E-state index is 0.0738. The van der Waals surface area contributed by atoms with E-state index in [1.165, 1.54) is 0 Å². The first-order chi connectivity index (χ1) is 7.03. The molecule has 1 unspecified atom stereocenters. The molecular weight excluding hydrogens is 190 g/mol. The summed E-state index contributed by atoms with van der Waals surface area (Å²) in [5.41, 5.74) is -0.0738. The molecule has 0 aliphatic heterocycles. The van der Waals surface area contributed by atoms with Gasteiger partial charge in [0.2, 0.25) is 0 Å². The third-order valence-electron chi connectivity index (χ3n) is 2.56. The third kappa shape index (κ3) is 4.49. The quantitative estimate of drug-likeness (QED) is 0.785. The highest BCUT2D eigenvalue weighted by Gasteiger charge is 2.19. The van der Waals surface area contributed by atoms with E-state index in [-0.39, 0.29) is 5.60 Å². The Morgan fingerprint density at radius 2 is 2.27 bits per heavy atom. The molecule has 0 radical (unpaired) electrons. The second-order valence-corrected chi connectivity index (χ2v) is 4.53. The van der Waals surface area contributed by atoms with Crippen LogP contribution < -0.4 is 5.32 Å². The van der Waals surface area contributed by atoms with Gasteiger partial charge in [-0.25, -0.2) is 0 Å². The molecule has 3 heteroatoms. The summed E-state index contributed by atoms with van der Waals surface area (Å²) in [6, 6.07) is 4.28. The summed E-state index contributed by atoms with van der Waals surface area (Å²) in [5.74, 6) is 0.970. The maximum absolute atomic E-state index is 5.38. The number of hydrogen-bond acceptors (Lipinski definition) is 3. The smallest absolute Gasteiger partial charge is 0.117 e. The Kier molecular flexibility index (Phi) is 4.36. The molecule has 1 aromatic heterocycles. The average Bonchev–Trinajstić information content (AvgIpc) is 2.66. The lowest BCUT2D eigenvalue weighted by molar-refractivity contribution is 0.00831. The van der Waals surface area contributed by atoms with Gasteiger partial charge in [-0.15, -0.1) is 0 Å². The van der Waals surface area contributed by atoms with Crippen LogP contribution in [-0.4, -0.2) is 18.8 Å². The molecule has 0 bridgehead atoms. The minimum Gasteiger partial charge on any atom is -0.468 e. The van der Waals surface area contributed by atoms with E-state index in [1.807, 2.05) is 12.1 Å². The Labute approximate surface area is 91.8 Å². The van der Waals surface area contributed by atoms with Crippen molar-refractivity contribution in [2.75, 3.05) is 7.11 Å². The van der Waals surface area contributed by atoms with Crippen LogP contribution >= 0.6 is 0 Å². The molecule has 0 aromatic carbocycles. The van der Waals surface area contributed by atoms with Gasteiger partial charge < -0.3 is 14.5 Å². The highest BCUT2D eigenvalue weighted by Crippen LogP contribution is 2.15. The zero-order valence-electron chi connectivity index (χ0n) is 10.0. The van der Waals surface area contributed by atoms with Gasteiger partial charge in [0.15, 0.2) is 0 Å². The summed E-state index contributed by atoms with van der Waals surface area (Å²) in [6.45, 7) is 7.12. The molecule has 0 fully saturated rings. The normalized spacial score (nSPS) is 14.1. The summed E-state index contributed by atoms with van der Waals surface area (Å²) in [5, 5.41) is 3.40. The molecule has 1 N–H and O–H groups in total. The lowest BCUT2D eigenvalue weighted by Crippen LogP contribution is -2.35. The van der Waals surface area contributed by atoms with Crippen LogP contribution in [0.5, 0.6) is 0 Å². The Balaban J connectivity index is 2.27. The van der Waals surface area contributed by atoms with Crippen LogP contribution in [0.15, 0.2) is 22.8 Å². The lowest BCUT2D eigenvalue weighted by atomic mass is 10.00. The Hall–Kier alpha value is -0.800. The molecule has 86 valence electrons. The molecular formula is C12H21NO2. The zero-order valence-corrected chi connectivity index (χ0v) is 10.0. The van der Waals surface area contributed by atoms with Crippen molar-refractivity contribution in [2.45, 2.75) is 45.4 Å². The monoisotopic (exact) mass is 211 g/mol. The number of hydrogen-bond donors (Lipinski definition) is 1. The van der Waals surface area contributed by atoms with E-state index in [9.17, 15) is 0 Å². The van der Waals surface area contributed by atoms with Crippen molar-refractivity contribution in [3.8, 4) is 0 Å². The number of rotatable bonds is 6. The Morgan fingerprint density at radius 1 is 1.53 bits per heavy atom. The van der Waals surface area contributed by atoms with Gasteiger partial charge >= 0.3 is 0 Å². The third-order valence-corrected chi connectivity index (χ3v) is 2.56. The topological polar surface area (TPSA) is 34.4 Å². The predicted octanol–water partition coefficient (Wildman–Crippen LogP) is 2.57. The molecule has 1 aromatic rings. The predicted molar refractivity (Wildman–Crippen MR) is 60.7 cm³/mol. The highest BCUT2D eigenvalue weighted by atomic mass is 16.5. The Morgan fingerprint density at radius 3 is 2.80 bits per heavy atom. The molecule has 1 atom stereocenters. The van der Waals surface area contributed by atoms with Crippen molar-refractivity contribution in [3.63, 3.8) is 0 Å². The number of methoxy groups -OCH3 is 1. The minimum atomic E-state index is -0.0738. The Bertz CT molecular complexity index is 267. The molecule has 0 amide bonds. The molecule has 15 heavy (non-hydrogen) atoms. The molecule has 1 rings (SSSR count). The fourth-order valence-corrected chi connectivity index (χ4v) is 1.58. The van der Waals surface area contributed by atoms with Gasteiger partial charge in [0, 0.05) is 13.2 Å². The van der Waals surface area contributed by atoms with Crippen LogP contribution in [0.4, 0.5) is 0 Å². The van der Waals surface area contributed by atoms with E-state index < -0.39 is 0 Å². The van der Waals surface area contributed by atoms with Gasteiger partial charge in [0.05, 0.1) is 18.4 Å². The van der Waals surface area contributed by atoms with Crippen LogP contribution in [0.3, 0.4) is 0 Å². The van der Waals surface area contributed by atoms with Crippen molar-refractivity contribution >= 4 is 0 Å². The van der Waals surface area contributed by atoms with E-state index >= 15 is 0 Å². The molecule has 3 nitrogen and oxygen atoms in total. The summed E-state index contributed by atoms with van der Waals surface area (Å²) < 4.78 is 10.6. The van der Waals surface area contributed by atoms with E-state index in [4.69, 9.17) is 9.15 Å². The zero-order chi connectivity index (χ0) is 11.3. The largest absolute Gasteiger partial charge is 0.468 e. The number of ether oxygens (including phenoxy) is 1. The molecule has 0 saturated carbocycles. The lowest BCUT2D eigenvalue weighted by Gasteiger charge is -2.26. The van der Waals surface area contributed by atoms with Gasteiger partial charge in [0.25, 0.3) is 0 Å². The SMILES string of the molecule is COC(C)(C)CC(C)NCc1ccco1. The average molecular weight is 211 g/mol. The first-order valence-corrected chi connectivity index (χ1v) is 5.34. The van der Waals surface area contributed by atoms with Crippen molar-refractivity contribution < 1.29 is 9.15 Å². The first kappa shape index (κ1) is 12.3. The molecule has 0 spiro atoms. The van der Waals surface area contributed by atoms with Gasteiger partial charge in [-0.05, 0) is 39.3 Å². The maximum Gasteiger partial charge on any atom is 0.117 e. The maximum atomic E-state index is 5.38. The van der Waals surface area contributed by atoms with E-state index in [0.717, 1.165) is 18.7 Å². The van der Waals surface area contributed by atoms with Crippen molar-refractivity contribution in [2.24, 2.45) is 0 Å². The first-order valence-electron chi connectivity index (χ1n) is 5.34. The second kappa shape index (κ2) is 5.33. The molecule has 1 heterocycles.